The summed E-state index contributed by atoms with van der Waals surface area (Å²) in [6, 6.07) is 13.9. The van der Waals surface area contributed by atoms with E-state index in [4.69, 9.17) is 9.47 Å². The molecule has 10 nitrogen and oxygen atoms in total. The molecule has 1 aromatic heterocycles. The molecule has 0 saturated heterocycles. The second kappa shape index (κ2) is 10.6. The van der Waals surface area contributed by atoms with Crippen LogP contribution in [0, 0.1) is 6.92 Å². The zero-order valence-electron chi connectivity index (χ0n) is 21.3. The summed E-state index contributed by atoms with van der Waals surface area (Å²) in [5.74, 6) is -0.204. The molecule has 1 aliphatic heterocycles. The van der Waals surface area contributed by atoms with Crippen molar-refractivity contribution >= 4 is 23.5 Å². The van der Waals surface area contributed by atoms with Crippen molar-refractivity contribution in [1.29, 1.82) is 0 Å². The number of fused-ring (bicyclic) bond motifs is 1. The predicted molar refractivity (Wildman–Crippen MR) is 138 cm³/mol. The number of nitrogens with one attached hydrogen (secondary N) is 1. The third-order valence-corrected chi connectivity index (χ3v) is 6.87. The third-order valence-electron chi connectivity index (χ3n) is 6.87. The van der Waals surface area contributed by atoms with Crippen molar-refractivity contribution in [2.75, 3.05) is 18.7 Å². The number of aryl methyl sites for hydroxylation is 1. The lowest BCUT2D eigenvalue weighted by atomic mass is 10.0. The van der Waals surface area contributed by atoms with Crippen LogP contribution in [0.25, 0.3) is 0 Å². The molecule has 1 aliphatic carbocycles. The molecular formula is C28H30N4O6. The first kappa shape index (κ1) is 25.3. The number of hydrogen-bond donors (Lipinski definition) is 2. The van der Waals surface area contributed by atoms with Crippen LogP contribution in [0.15, 0.2) is 48.5 Å². The second-order valence-corrected chi connectivity index (χ2v) is 9.70. The van der Waals surface area contributed by atoms with Crippen molar-refractivity contribution in [3.8, 4) is 11.5 Å². The highest BCUT2D eigenvalue weighted by Crippen LogP contribution is 2.42. The van der Waals surface area contributed by atoms with Gasteiger partial charge in [-0.15, -0.1) is 0 Å². The van der Waals surface area contributed by atoms with Crippen LogP contribution in [0.1, 0.15) is 41.3 Å². The van der Waals surface area contributed by atoms with Crippen LogP contribution in [-0.2, 0) is 33.8 Å². The minimum absolute atomic E-state index is 0.0986. The van der Waals surface area contributed by atoms with Gasteiger partial charge in [-0.25, -0.2) is 0 Å². The molecule has 38 heavy (non-hydrogen) atoms. The Morgan fingerprint density at radius 1 is 1.13 bits per heavy atom. The summed E-state index contributed by atoms with van der Waals surface area (Å²) in [4.78, 5) is 39.8. The highest BCUT2D eigenvalue weighted by molar-refractivity contribution is 5.99. The number of carboxylic acids is 1. The smallest absolute Gasteiger partial charge is 0.307 e. The van der Waals surface area contributed by atoms with Crippen LogP contribution < -0.4 is 19.7 Å². The van der Waals surface area contributed by atoms with Crippen molar-refractivity contribution in [3.63, 3.8) is 0 Å². The Labute approximate surface area is 220 Å². The van der Waals surface area contributed by atoms with Crippen molar-refractivity contribution in [1.82, 2.24) is 15.1 Å². The van der Waals surface area contributed by atoms with E-state index in [2.05, 4.69) is 10.4 Å². The number of carbonyl (C=O) groups is 3. The summed E-state index contributed by atoms with van der Waals surface area (Å²) in [7, 11) is 1.66. The second-order valence-electron chi connectivity index (χ2n) is 9.70. The molecule has 0 radical (unpaired) electrons. The maximum Gasteiger partial charge on any atom is 0.307 e. The lowest BCUT2D eigenvalue weighted by Crippen LogP contribution is -2.49. The molecule has 2 amide bonds. The van der Waals surface area contributed by atoms with Crippen molar-refractivity contribution in [2.45, 2.75) is 51.1 Å². The maximum atomic E-state index is 13.7. The van der Waals surface area contributed by atoms with Gasteiger partial charge in [-0.1, -0.05) is 30.3 Å². The first-order valence-corrected chi connectivity index (χ1v) is 12.6. The standard InChI is InChI=1S/C28H30N4O6/c1-17-21(14-26(34)35)27(19-8-9-19)32(30-17)15-25(33)29-22(12-18-6-4-3-5-7-18)28(36)31(2)20-10-11-23-24(13-20)38-16-37-23/h3-7,10-11,13,19,22H,8-9,12,14-16H2,1-2H3,(H,29,33)(H,34,35)/t22-/m0/s1. The number of benzene rings is 2. The molecule has 1 atom stereocenters. The number of aromatic nitrogens is 2. The highest BCUT2D eigenvalue weighted by atomic mass is 16.7. The minimum atomic E-state index is -0.931. The van der Waals surface area contributed by atoms with Gasteiger partial charge >= 0.3 is 5.97 Å². The highest BCUT2D eigenvalue weighted by Gasteiger charge is 2.33. The molecule has 2 aromatic carbocycles. The monoisotopic (exact) mass is 518 g/mol. The summed E-state index contributed by atoms with van der Waals surface area (Å²) in [6.45, 7) is 1.80. The SMILES string of the molecule is Cc1nn(CC(=O)N[C@@H](Cc2ccccc2)C(=O)N(C)c2ccc3c(c2)OCO3)c(C2CC2)c1CC(=O)O. The number of amides is 2. The number of nitrogens with zero attached hydrogens (tertiary/aromatic N) is 3. The molecule has 0 bridgehead atoms. The minimum Gasteiger partial charge on any atom is -0.481 e. The van der Waals surface area contributed by atoms with Gasteiger partial charge in [0.25, 0.3) is 0 Å². The summed E-state index contributed by atoms with van der Waals surface area (Å²) < 4.78 is 12.4. The van der Waals surface area contributed by atoms with E-state index >= 15 is 0 Å². The van der Waals surface area contributed by atoms with Gasteiger partial charge in [0.05, 0.1) is 12.1 Å². The van der Waals surface area contributed by atoms with Crippen LogP contribution in [0.4, 0.5) is 5.69 Å². The van der Waals surface area contributed by atoms with Crippen molar-refractivity contribution < 1.29 is 29.0 Å². The lowest BCUT2D eigenvalue weighted by Gasteiger charge is -2.25. The number of hydrogen-bond acceptors (Lipinski definition) is 6. The normalized spacial score (nSPS) is 14.7. The fourth-order valence-corrected chi connectivity index (χ4v) is 4.82. The Bertz CT molecular complexity index is 1370. The number of aliphatic carboxylic acids is 1. The van der Waals surface area contributed by atoms with E-state index in [1.807, 2.05) is 30.3 Å². The van der Waals surface area contributed by atoms with E-state index in [9.17, 15) is 19.5 Å². The molecule has 1 fully saturated rings. The third kappa shape index (κ3) is 5.49. The molecule has 2 heterocycles. The number of ether oxygens (including phenoxy) is 2. The summed E-state index contributed by atoms with van der Waals surface area (Å²) in [5.41, 5.74) is 3.61. The van der Waals surface area contributed by atoms with Crippen LogP contribution in [-0.4, -0.2) is 52.6 Å². The molecule has 0 unspecified atom stereocenters. The zero-order valence-corrected chi connectivity index (χ0v) is 21.3. The molecule has 2 aliphatic rings. The average molecular weight is 519 g/mol. The first-order valence-electron chi connectivity index (χ1n) is 12.6. The average Bonchev–Trinajstić information content (AvgIpc) is 3.54. The van der Waals surface area contributed by atoms with Crippen LogP contribution in [0.2, 0.25) is 0 Å². The molecular weight excluding hydrogens is 488 g/mol. The van der Waals surface area contributed by atoms with Gasteiger partial charge in [0.15, 0.2) is 11.5 Å². The van der Waals surface area contributed by atoms with Gasteiger partial charge in [-0.3, -0.25) is 19.1 Å². The topological polar surface area (TPSA) is 123 Å². The number of carbonyl (C=O) groups excluding carboxylic acids is 2. The van der Waals surface area contributed by atoms with E-state index in [-0.39, 0.29) is 37.5 Å². The lowest BCUT2D eigenvalue weighted by molar-refractivity contribution is -0.136. The summed E-state index contributed by atoms with van der Waals surface area (Å²) in [6.07, 6.45) is 2.05. The number of anilines is 1. The zero-order chi connectivity index (χ0) is 26.8. The Morgan fingerprint density at radius 2 is 1.87 bits per heavy atom. The Hall–Kier alpha value is -4.34. The van der Waals surface area contributed by atoms with E-state index in [1.165, 1.54) is 4.90 Å². The van der Waals surface area contributed by atoms with E-state index in [1.54, 1.807) is 36.9 Å². The van der Waals surface area contributed by atoms with Gasteiger partial charge in [0.2, 0.25) is 18.6 Å². The quantitative estimate of drug-likeness (QED) is 0.423. The van der Waals surface area contributed by atoms with Gasteiger partial charge < -0.3 is 24.8 Å². The molecule has 0 spiro atoms. The Morgan fingerprint density at radius 3 is 2.58 bits per heavy atom. The van der Waals surface area contributed by atoms with Crippen LogP contribution >= 0.6 is 0 Å². The van der Waals surface area contributed by atoms with Crippen molar-refractivity contribution in [2.24, 2.45) is 0 Å². The number of rotatable bonds is 10. The van der Waals surface area contributed by atoms with Gasteiger partial charge in [0, 0.05) is 42.4 Å². The predicted octanol–water partition coefficient (Wildman–Crippen LogP) is 2.82. The van der Waals surface area contributed by atoms with Crippen LogP contribution in [0.3, 0.4) is 0 Å². The van der Waals surface area contributed by atoms with Gasteiger partial charge in [-0.2, -0.15) is 5.10 Å². The largest absolute Gasteiger partial charge is 0.481 e. The Balaban J connectivity index is 1.36. The maximum absolute atomic E-state index is 13.7. The molecule has 2 N–H and O–H groups in total. The number of carboxylic acid groups (broad SMARTS) is 1. The van der Waals surface area contributed by atoms with E-state index < -0.39 is 12.0 Å². The van der Waals surface area contributed by atoms with Gasteiger partial charge in [0.1, 0.15) is 12.6 Å². The first-order chi connectivity index (χ1) is 18.3. The molecule has 1 saturated carbocycles. The molecule has 10 heteroatoms. The summed E-state index contributed by atoms with van der Waals surface area (Å²) in [5, 5.41) is 16.8. The Kier molecular flexibility index (Phi) is 7.04. The van der Waals surface area contributed by atoms with E-state index in [0.717, 1.165) is 24.1 Å². The van der Waals surface area contributed by atoms with E-state index in [0.29, 0.717) is 34.9 Å². The van der Waals surface area contributed by atoms with Crippen LogP contribution in [0.5, 0.6) is 11.5 Å². The fraction of sp³-hybridized carbons (Fsp3) is 0.357. The van der Waals surface area contributed by atoms with Gasteiger partial charge in [-0.05, 0) is 37.5 Å². The number of likely N-dealkylation sites (N-methyl/N-ethyl adjacent to an activating group) is 1. The summed E-state index contributed by atoms with van der Waals surface area (Å²) >= 11 is 0. The molecule has 198 valence electrons. The molecule has 5 rings (SSSR count). The van der Waals surface area contributed by atoms with Crippen molar-refractivity contribution in [3.05, 3.63) is 71.0 Å². The molecule has 3 aromatic rings. The fourth-order valence-electron chi connectivity index (χ4n) is 4.82.